The number of carbonyl (C=O) groups is 2. The Morgan fingerprint density at radius 3 is 2.50 bits per heavy atom. The van der Waals surface area contributed by atoms with Gasteiger partial charge in [0.2, 0.25) is 11.8 Å². The highest BCUT2D eigenvalue weighted by atomic mass is 16.2. The molecule has 0 aromatic heterocycles. The van der Waals surface area contributed by atoms with Crippen molar-refractivity contribution >= 4 is 11.8 Å². The Labute approximate surface area is 133 Å². The summed E-state index contributed by atoms with van der Waals surface area (Å²) in [4.78, 5) is 26.0. The number of nitrogens with one attached hydrogen (secondary N) is 2. The van der Waals surface area contributed by atoms with E-state index < -0.39 is 0 Å². The lowest BCUT2D eigenvalue weighted by Gasteiger charge is -2.39. The molecule has 22 heavy (non-hydrogen) atoms. The zero-order valence-corrected chi connectivity index (χ0v) is 13.9. The smallest absolute Gasteiger partial charge is 0.233 e. The van der Waals surface area contributed by atoms with Crippen LogP contribution in [-0.2, 0) is 9.59 Å². The number of carbonyl (C=O) groups excluding carboxylic acids is 2. The van der Waals surface area contributed by atoms with Crippen molar-refractivity contribution in [1.82, 2.24) is 15.5 Å². The highest BCUT2D eigenvalue weighted by Crippen LogP contribution is 2.31. The molecular weight excluding hydrogens is 280 g/mol. The average Bonchev–Trinajstić information content (AvgIpc) is 2.48. The zero-order valence-electron chi connectivity index (χ0n) is 13.9. The molecule has 126 valence electrons. The predicted octanol–water partition coefficient (Wildman–Crippen LogP) is 0.221. The fourth-order valence-corrected chi connectivity index (χ4v) is 3.61. The summed E-state index contributed by atoms with van der Waals surface area (Å²) >= 11 is 0. The number of nitrogens with zero attached hydrogens (tertiary/aromatic N) is 1. The summed E-state index contributed by atoms with van der Waals surface area (Å²) in [6.07, 6.45) is 5.83. The van der Waals surface area contributed by atoms with E-state index in [0.717, 1.165) is 51.6 Å². The Morgan fingerprint density at radius 1 is 1.23 bits per heavy atom. The first-order valence-corrected chi connectivity index (χ1v) is 8.44. The van der Waals surface area contributed by atoms with E-state index in [1.165, 1.54) is 0 Å². The van der Waals surface area contributed by atoms with E-state index in [4.69, 9.17) is 5.73 Å². The molecule has 2 fully saturated rings. The van der Waals surface area contributed by atoms with Gasteiger partial charge in [0.05, 0.1) is 12.5 Å². The van der Waals surface area contributed by atoms with Gasteiger partial charge in [-0.1, -0.05) is 12.8 Å². The summed E-state index contributed by atoms with van der Waals surface area (Å²) in [6, 6.07) is 0.214. The van der Waals surface area contributed by atoms with Crippen LogP contribution in [0.1, 0.15) is 45.4 Å². The monoisotopic (exact) mass is 310 g/mol. The van der Waals surface area contributed by atoms with Gasteiger partial charge in [-0.3, -0.25) is 14.5 Å². The van der Waals surface area contributed by atoms with Gasteiger partial charge in [0.15, 0.2) is 0 Å². The molecule has 6 nitrogen and oxygen atoms in total. The van der Waals surface area contributed by atoms with E-state index >= 15 is 0 Å². The number of likely N-dealkylation sites (tertiary alicyclic amines) is 1. The molecule has 0 bridgehead atoms. The third kappa shape index (κ3) is 4.43. The third-order valence-electron chi connectivity index (χ3n) is 5.15. The Kier molecular flexibility index (Phi) is 5.81. The third-order valence-corrected chi connectivity index (χ3v) is 5.15. The average molecular weight is 310 g/mol. The van der Waals surface area contributed by atoms with Crippen LogP contribution in [0.15, 0.2) is 0 Å². The zero-order chi connectivity index (χ0) is 16.2. The molecule has 2 amide bonds. The van der Waals surface area contributed by atoms with Gasteiger partial charge < -0.3 is 16.4 Å². The Bertz CT molecular complexity index is 403. The molecule has 0 radical (unpaired) electrons. The van der Waals surface area contributed by atoms with Crippen molar-refractivity contribution in [2.45, 2.75) is 57.0 Å². The lowest BCUT2D eigenvalue weighted by molar-refractivity contribution is -0.129. The minimum Gasteiger partial charge on any atom is -0.358 e. The first-order chi connectivity index (χ1) is 10.4. The van der Waals surface area contributed by atoms with Crippen molar-refractivity contribution in [1.29, 1.82) is 0 Å². The van der Waals surface area contributed by atoms with Gasteiger partial charge in [0.25, 0.3) is 0 Å². The van der Waals surface area contributed by atoms with Crippen LogP contribution in [-0.4, -0.2) is 55.0 Å². The minimum atomic E-state index is -0.373. The molecule has 2 unspecified atom stereocenters. The molecular formula is C16H30N4O2. The predicted molar refractivity (Wildman–Crippen MR) is 86.2 cm³/mol. The first-order valence-electron chi connectivity index (χ1n) is 8.44. The van der Waals surface area contributed by atoms with Crippen LogP contribution in [0.2, 0.25) is 0 Å². The van der Waals surface area contributed by atoms with Crippen molar-refractivity contribution < 1.29 is 9.59 Å². The standard InChI is InChI=1S/C16H30N4O2/c1-16(17)8-4-3-5-13(16)15(22)19-12-6-9-20(10-7-12)11-14(21)18-2/h12-13H,3-11,17H2,1-2H3,(H,18,21)(H,19,22). The summed E-state index contributed by atoms with van der Waals surface area (Å²) in [6.45, 7) is 4.15. The highest BCUT2D eigenvalue weighted by molar-refractivity contribution is 5.80. The molecule has 2 atom stereocenters. The van der Waals surface area contributed by atoms with E-state index in [0.29, 0.717) is 6.54 Å². The lowest BCUT2D eigenvalue weighted by atomic mass is 9.74. The van der Waals surface area contributed by atoms with Crippen LogP contribution >= 0.6 is 0 Å². The van der Waals surface area contributed by atoms with Gasteiger partial charge in [-0.25, -0.2) is 0 Å². The number of nitrogens with two attached hydrogens (primary N) is 1. The fraction of sp³-hybridized carbons (Fsp3) is 0.875. The maximum Gasteiger partial charge on any atom is 0.233 e. The summed E-state index contributed by atoms with van der Waals surface area (Å²) < 4.78 is 0. The number of likely N-dealkylation sites (N-methyl/N-ethyl adjacent to an activating group) is 1. The first kappa shape index (κ1) is 17.2. The molecule has 0 aromatic rings. The maximum atomic E-state index is 12.5. The molecule has 4 N–H and O–H groups in total. The van der Waals surface area contributed by atoms with Crippen LogP contribution < -0.4 is 16.4 Å². The topological polar surface area (TPSA) is 87.5 Å². The summed E-state index contributed by atoms with van der Waals surface area (Å²) in [7, 11) is 1.66. The number of piperidine rings is 1. The van der Waals surface area contributed by atoms with Crippen molar-refractivity contribution in [2.24, 2.45) is 11.7 Å². The molecule has 6 heteroatoms. The van der Waals surface area contributed by atoms with Crippen molar-refractivity contribution in [3.63, 3.8) is 0 Å². The van der Waals surface area contributed by atoms with Gasteiger partial charge >= 0.3 is 0 Å². The van der Waals surface area contributed by atoms with Crippen molar-refractivity contribution in [2.75, 3.05) is 26.7 Å². The minimum absolute atomic E-state index is 0.0450. The molecule has 2 aliphatic rings. The van der Waals surface area contributed by atoms with Gasteiger partial charge in [0.1, 0.15) is 0 Å². The van der Waals surface area contributed by atoms with Crippen LogP contribution in [0.3, 0.4) is 0 Å². The second-order valence-electron chi connectivity index (χ2n) is 7.04. The normalized spacial score (nSPS) is 30.8. The van der Waals surface area contributed by atoms with Gasteiger partial charge in [-0.2, -0.15) is 0 Å². The van der Waals surface area contributed by atoms with E-state index in [-0.39, 0.29) is 29.3 Å². The molecule has 1 aliphatic heterocycles. The molecule has 1 saturated heterocycles. The largest absolute Gasteiger partial charge is 0.358 e. The number of rotatable bonds is 4. The van der Waals surface area contributed by atoms with Gasteiger partial charge in [-0.05, 0) is 32.6 Å². The maximum absolute atomic E-state index is 12.5. The molecule has 1 aliphatic carbocycles. The van der Waals surface area contributed by atoms with E-state index in [9.17, 15) is 9.59 Å². The van der Waals surface area contributed by atoms with Gasteiger partial charge in [-0.15, -0.1) is 0 Å². The quantitative estimate of drug-likeness (QED) is 0.693. The fourth-order valence-electron chi connectivity index (χ4n) is 3.61. The molecule has 0 spiro atoms. The molecule has 1 saturated carbocycles. The number of hydrogen-bond donors (Lipinski definition) is 3. The summed E-state index contributed by atoms with van der Waals surface area (Å²) in [5.41, 5.74) is 5.93. The second kappa shape index (κ2) is 7.42. The van der Waals surface area contributed by atoms with Crippen LogP contribution in [0.5, 0.6) is 0 Å². The molecule has 0 aromatic carbocycles. The Hall–Kier alpha value is -1.14. The van der Waals surface area contributed by atoms with Crippen molar-refractivity contribution in [3.05, 3.63) is 0 Å². The van der Waals surface area contributed by atoms with Crippen LogP contribution in [0.4, 0.5) is 0 Å². The van der Waals surface area contributed by atoms with Gasteiger partial charge in [0, 0.05) is 31.7 Å². The lowest BCUT2D eigenvalue weighted by Crippen LogP contribution is -2.55. The summed E-state index contributed by atoms with van der Waals surface area (Å²) in [5, 5.41) is 5.83. The Morgan fingerprint density at radius 2 is 1.91 bits per heavy atom. The van der Waals surface area contributed by atoms with Crippen LogP contribution in [0.25, 0.3) is 0 Å². The van der Waals surface area contributed by atoms with Crippen LogP contribution in [0, 0.1) is 5.92 Å². The second-order valence-corrected chi connectivity index (χ2v) is 7.04. The molecule has 2 rings (SSSR count). The number of amides is 2. The highest BCUT2D eigenvalue weighted by Gasteiger charge is 2.38. The van der Waals surface area contributed by atoms with E-state index in [2.05, 4.69) is 15.5 Å². The van der Waals surface area contributed by atoms with Crippen molar-refractivity contribution in [3.8, 4) is 0 Å². The molecule has 1 heterocycles. The number of hydrogen-bond acceptors (Lipinski definition) is 4. The SMILES string of the molecule is CNC(=O)CN1CCC(NC(=O)C2CCCCC2(C)N)CC1. The summed E-state index contributed by atoms with van der Waals surface area (Å²) in [5.74, 6) is 0.100. The van der Waals surface area contributed by atoms with E-state index in [1.807, 2.05) is 6.92 Å². The van der Waals surface area contributed by atoms with E-state index in [1.54, 1.807) is 7.05 Å². The Balaban J connectivity index is 1.78.